The Bertz CT molecular complexity index is 163. The maximum atomic E-state index is 9.80. The molecule has 0 aliphatic heterocycles. The topological polar surface area (TPSA) is 40.5 Å². The van der Waals surface area contributed by atoms with Crippen molar-refractivity contribution < 1.29 is 10.2 Å². The van der Waals surface area contributed by atoms with Gasteiger partial charge in [-0.2, -0.15) is 0 Å². The summed E-state index contributed by atoms with van der Waals surface area (Å²) in [5.41, 5.74) is -0.573. The van der Waals surface area contributed by atoms with Crippen molar-refractivity contribution in [1.29, 1.82) is 0 Å². The van der Waals surface area contributed by atoms with Crippen LogP contribution < -0.4 is 0 Å². The summed E-state index contributed by atoms with van der Waals surface area (Å²) < 4.78 is 0. The van der Waals surface area contributed by atoms with E-state index in [0.717, 1.165) is 19.3 Å². The molecule has 0 amide bonds. The van der Waals surface area contributed by atoms with Gasteiger partial charge in [-0.25, -0.2) is 0 Å². The van der Waals surface area contributed by atoms with Gasteiger partial charge in [0.05, 0.1) is 5.60 Å². The lowest BCUT2D eigenvalue weighted by atomic mass is 9.75. The molecule has 0 saturated heterocycles. The lowest BCUT2D eigenvalue weighted by molar-refractivity contribution is 0.0202. The molecule has 0 spiro atoms. The second-order valence-corrected chi connectivity index (χ2v) is 4.85. The van der Waals surface area contributed by atoms with Crippen molar-refractivity contribution in [3.8, 4) is 0 Å². The number of hydrogen-bond acceptors (Lipinski definition) is 2. The number of aliphatic hydroxyl groups excluding tert-OH is 1. The third-order valence-corrected chi connectivity index (χ3v) is 3.43. The Morgan fingerprint density at radius 1 is 1.33 bits per heavy atom. The maximum Gasteiger partial charge on any atom is 0.0626 e. The molecule has 1 rings (SSSR count). The zero-order valence-electron chi connectivity index (χ0n) is 8.30. The second-order valence-electron chi connectivity index (χ2n) is 4.85. The van der Waals surface area contributed by atoms with E-state index in [1.54, 1.807) is 0 Å². The smallest absolute Gasteiger partial charge is 0.0626 e. The molecule has 2 nitrogen and oxygen atoms in total. The molecule has 2 N–H and O–H groups in total. The highest BCUT2D eigenvalue weighted by atomic mass is 16.3. The summed E-state index contributed by atoms with van der Waals surface area (Å²) in [5, 5.41) is 19.1. The van der Waals surface area contributed by atoms with E-state index >= 15 is 0 Å². The average molecular weight is 172 g/mol. The predicted octanol–water partition coefficient (Wildman–Crippen LogP) is 1.56. The minimum absolute atomic E-state index is 0.0243. The van der Waals surface area contributed by atoms with Crippen LogP contribution >= 0.6 is 0 Å². The minimum Gasteiger partial charge on any atom is -0.396 e. The lowest BCUT2D eigenvalue weighted by Crippen LogP contribution is -2.31. The fourth-order valence-corrected chi connectivity index (χ4v) is 2.26. The summed E-state index contributed by atoms with van der Waals surface area (Å²) in [4.78, 5) is 0. The van der Waals surface area contributed by atoms with E-state index in [9.17, 15) is 10.2 Å². The highest BCUT2D eigenvalue weighted by Gasteiger charge is 2.45. The van der Waals surface area contributed by atoms with Crippen molar-refractivity contribution in [3.63, 3.8) is 0 Å². The van der Waals surface area contributed by atoms with Crippen LogP contribution in [-0.2, 0) is 0 Å². The first-order chi connectivity index (χ1) is 5.42. The Morgan fingerprint density at radius 3 is 2.08 bits per heavy atom. The van der Waals surface area contributed by atoms with Crippen LogP contribution in [0.5, 0.6) is 0 Å². The third kappa shape index (κ3) is 1.64. The zero-order chi connectivity index (χ0) is 9.41. The van der Waals surface area contributed by atoms with E-state index < -0.39 is 5.60 Å². The van der Waals surface area contributed by atoms with Gasteiger partial charge in [-0.1, -0.05) is 13.8 Å². The Balaban J connectivity index is 2.73. The van der Waals surface area contributed by atoms with Gasteiger partial charge in [0.2, 0.25) is 0 Å². The zero-order valence-corrected chi connectivity index (χ0v) is 8.30. The minimum atomic E-state index is -0.549. The maximum absolute atomic E-state index is 9.80. The van der Waals surface area contributed by atoms with Crippen LogP contribution in [-0.4, -0.2) is 22.4 Å². The molecule has 0 aromatic carbocycles. The average Bonchev–Trinajstić information content (AvgIpc) is 2.27. The first-order valence-electron chi connectivity index (χ1n) is 4.75. The lowest BCUT2D eigenvalue weighted by Gasteiger charge is -2.32. The summed E-state index contributed by atoms with van der Waals surface area (Å²) in [7, 11) is 0. The van der Waals surface area contributed by atoms with Gasteiger partial charge in [-0.05, 0) is 37.5 Å². The molecule has 1 aliphatic carbocycles. The highest BCUT2D eigenvalue weighted by molar-refractivity contribution is 4.96. The largest absolute Gasteiger partial charge is 0.396 e. The van der Waals surface area contributed by atoms with E-state index in [2.05, 4.69) is 13.8 Å². The molecular formula is C10H20O2. The van der Waals surface area contributed by atoms with Gasteiger partial charge in [0.1, 0.15) is 0 Å². The molecule has 2 heteroatoms. The molecule has 0 radical (unpaired) electrons. The Kier molecular flexibility index (Phi) is 2.50. The summed E-state index contributed by atoms with van der Waals surface area (Å²) in [5.74, 6) is 0.455. The van der Waals surface area contributed by atoms with Crippen molar-refractivity contribution >= 4 is 0 Å². The van der Waals surface area contributed by atoms with Crippen LogP contribution in [0.15, 0.2) is 0 Å². The van der Waals surface area contributed by atoms with Crippen LogP contribution in [0.1, 0.15) is 40.0 Å². The molecule has 1 aliphatic rings. The van der Waals surface area contributed by atoms with E-state index in [1.165, 1.54) is 0 Å². The quantitative estimate of drug-likeness (QED) is 0.663. The summed E-state index contributed by atoms with van der Waals surface area (Å²) in [6.07, 6.45) is 2.52. The van der Waals surface area contributed by atoms with Gasteiger partial charge < -0.3 is 10.2 Å². The van der Waals surface area contributed by atoms with E-state index in [-0.39, 0.29) is 12.0 Å². The van der Waals surface area contributed by atoms with Crippen molar-refractivity contribution in [2.75, 3.05) is 6.61 Å². The standard InChI is InChI=1S/C10H20O2/c1-8(2)10(7-11)5-4-9(3,12)6-10/h8,11-12H,4-7H2,1-3H3/t9-,10-/m0/s1. The molecule has 0 aromatic rings. The number of hydrogen-bond donors (Lipinski definition) is 2. The van der Waals surface area contributed by atoms with Crippen LogP contribution in [0.25, 0.3) is 0 Å². The van der Waals surface area contributed by atoms with Gasteiger partial charge in [-0.3, -0.25) is 0 Å². The van der Waals surface area contributed by atoms with Crippen molar-refractivity contribution in [3.05, 3.63) is 0 Å². The highest BCUT2D eigenvalue weighted by Crippen LogP contribution is 2.48. The molecular weight excluding hydrogens is 152 g/mol. The van der Waals surface area contributed by atoms with Crippen molar-refractivity contribution in [2.45, 2.75) is 45.6 Å². The fraction of sp³-hybridized carbons (Fsp3) is 1.00. The first-order valence-corrected chi connectivity index (χ1v) is 4.75. The number of rotatable bonds is 2. The number of aliphatic hydroxyl groups is 2. The SMILES string of the molecule is CC(C)[C@@]1(CO)CC[C@](C)(O)C1. The molecule has 0 bridgehead atoms. The normalized spacial score (nSPS) is 42.5. The van der Waals surface area contributed by atoms with Crippen LogP contribution in [0, 0.1) is 11.3 Å². The Labute approximate surface area is 74.6 Å². The van der Waals surface area contributed by atoms with Gasteiger partial charge in [0, 0.05) is 6.61 Å². The third-order valence-electron chi connectivity index (χ3n) is 3.43. The van der Waals surface area contributed by atoms with Crippen molar-refractivity contribution in [1.82, 2.24) is 0 Å². The monoisotopic (exact) mass is 172 g/mol. The molecule has 0 unspecified atom stereocenters. The van der Waals surface area contributed by atoms with Crippen LogP contribution in [0.2, 0.25) is 0 Å². The van der Waals surface area contributed by atoms with Gasteiger partial charge >= 0.3 is 0 Å². The molecule has 0 aromatic heterocycles. The van der Waals surface area contributed by atoms with Gasteiger partial charge in [0.25, 0.3) is 0 Å². The Hall–Kier alpha value is -0.0800. The van der Waals surface area contributed by atoms with E-state index in [1.807, 2.05) is 6.92 Å². The molecule has 12 heavy (non-hydrogen) atoms. The van der Waals surface area contributed by atoms with E-state index in [4.69, 9.17) is 0 Å². The molecule has 1 fully saturated rings. The van der Waals surface area contributed by atoms with E-state index in [0.29, 0.717) is 5.92 Å². The van der Waals surface area contributed by atoms with Gasteiger partial charge in [-0.15, -0.1) is 0 Å². The van der Waals surface area contributed by atoms with Gasteiger partial charge in [0.15, 0.2) is 0 Å². The molecule has 72 valence electrons. The fourth-order valence-electron chi connectivity index (χ4n) is 2.26. The summed E-state index contributed by atoms with van der Waals surface area (Å²) >= 11 is 0. The van der Waals surface area contributed by atoms with Crippen LogP contribution in [0.4, 0.5) is 0 Å². The first kappa shape index (κ1) is 10.0. The molecule has 0 heterocycles. The predicted molar refractivity (Wildman–Crippen MR) is 48.8 cm³/mol. The van der Waals surface area contributed by atoms with Crippen LogP contribution in [0.3, 0.4) is 0 Å². The Morgan fingerprint density at radius 2 is 1.92 bits per heavy atom. The summed E-state index contributed by atoms with van der Waals surface area (Å²) in [6, 6.07) is 0. The van der Waals surface area contributed by atoms with Crippen molar-refractivity contribution in [2.24, 2.45) is 11.3 Å². The molecule has 1 saturated carbocycles. The molecule has 2 atom stereocenters. The summed E-state index contributed by atoms with van der Waals surface area (Å²) in [6.45, 7) is 6.32. The second kappa shape index (κ2) is 3.00.